The van der Waals surface area contributed by atoms with E-state index in [-0.39, 0.29) is 24.3 Å². The van der Waals surface area contributed by atoms with E-state index in [4.69, 9.17) is 9.84 Å². The smallest absolute Gasteiger partial charge is 0.303 e. The van der Waals surface area contributed by atoms with Gasteiger partial charge in [0.15, 0.2) is 6.29 Å². The molecule has 1 rings (SSSR count). The molecule has 0 spiro atoms. The van der Waals surface area contributed by atoms with Crippen LogP contribution >= 0.6 is 0 Å². The molecule has 0 aliphatic carbocycles. The third-order valence-corrected chi connectivity index (χ3v) is 2.55. The van der Waals surface area contributed by atoms with Crippen molar-refractivity contribution in [2.75, 3.05) is 6.61 Å². The number of nitro groups is 1. The third kappa shape index (κ3) is 3.77. The summed E-state index contributed by atoms with van der Waals surface area (Å²) in [5, 5.41) is 19.2. The number of carboxylic acids is 1. The molecule has 0 atom stereocenters. The first-order valence-electron chi connectivity index (χ1n) is 5.55. The van der Waals surface area contributed by atoms with Crippen molar-refractivity contribution >= 4 is 17.9 Å². The summed E-state index contributed by atoms with van der Waals surface area (Å²) in [5.74, 6) is -0.573. The SMILES string of the molecule is Cc1c(OCCCC(=O)O)ccc([N+](=O)[O-])c1C=O. The number of carbonyl (C=O) groups excluding carboxylic acids is 1. The van der Waals surface area contributed by atoms with Crippen LogP contribution in [0.15, 0.2) is 12.1 Å². The van der Waals surface area contributed by atoms with Gasteiger partial charge in [-0.25, -0.2) is 0 Å². The van der Waals surface area contributed by atoms with Crippen LogP contribution in [-0.4, -0.2) is 28.9 Å². The van der Waals surface area contributed by atoms with Crippen molar-refractivity contribution in [3.63, 3.8) is 0 Å². The molecule has 0 aliphatic heterocycles. The van der Waals surface area contributed by atoms with Gasteiger partial charge in [-0.2, -0.15) is 0 Å². The number of hydrogen-bond donors (Lipinski definition) is 1. The van der Waals surface area contributed by atoms with Crippen LogP contribution in [0.1, 0.15) is 28.8 Å². The van der Waals surface area contributed by atoms with Gasteiger partial charge in [0, 0.05) is 18.1 Å². The second-order valence-corrected chi connectivity index (χ2v) is 3.84. The molecule has 19 heavy (non-hydrogen) atoms. The van der Waals surface area contributed by atoms with Gasteiger partial charge in [0.05, 0.1) is 17.1 Å². The third-order valence-electron chi connectivity index (χ3n) is 2.55. The Kier molecular flexibility index (Phi) is 4.99. The summed E-state index contributed by atoms with van der Waals surface area (Å²) < 4.78 is 5.32. The van der Waals surface area contributed by atoms with E-state index in [0.717, 1.165) is 0 Å². The summed E-state index contributed by atoms with van der Waals surface area (Å²) in [7, 11) is 0. The lowest BCUT2D eigenvalue weighted by Crippen LogP contribution is -2.05. The largest absolute Gasteiger partial charge is 0.493 e. The fraction of sp³-hybridized carbons (Fsp3) is 0.333. The molecule has 0 radical (unpaired) electrons. The van der Waals surface area contributed by atoms with E-state index in [2.05, 4.69) is 0 Å². The Morgan fingerprint density at radius 1 is 1.53 bits per heavy atom. The van der Waals surface area contributed by atoms with Crippen LogP contribution in [0.2, 0.25) is 0 Å². The number of carboxylic acid groups (broad SMARTS) is 1. The number of ether oxygens (including phenoxy) is 1. The molecule has 102 valence electrons. The number of nitrogens with zero attached hydrogens (tertiary/aromatic N) is 1. The van der Waals surface area contributed by atoms with Gasteiger partial charge in [0.1, 0.15) is 5.75 Å². The molecule has 0 fully saturated rings. The Balaban J connectivity index is 2.83. The van der Waals surface area contributed by atoms with Gasteiger partial charge in [-0.3, -0.25) is 19.7 Å². The minimum atomic E-state index is -0.919. The van der Waals surface area contributed by atoms with Crippen molar-refractivity contribution in [3.8, 4) is 5.75 Å². The van der Waals surface area contributed by atoms with Crippen LogP contribution in [0.5, 0.6) is 5.75 Å². The first kappa shape index (κ1) is 14.6. The first-order valence-corrected chi connectivity index (χ1v) is 5.55. The number of carbonyl (C=O) groups is 2. The second kappa shape index (κ2) is 6.48. The topological polar surface area (TPSA) is 107 Å². The van der Waals surface area contributed by atoms with Crippen molar-refractivity contribution in [1.29, 1.82) is 0 Å². The molecule has 0 saturated heterocycles. The molecular formula is C12H13NO6. The van der Waals surface area contributed by atoms with Crippen molar-refractivity contribution < 1.29 is 24.4 Å². The molecule has 1 N–H and O–H groups in total. The highest BCUT2D eigenvalue weighted by molar-refractivity contribution is 5.84. The minimum Gasteiger partial charge on any atom is -0.493 e. The average molecular weight is 267 g/mol. The van der Waals surface area contributed by atoms with E-state index >= 15 is 0 Å². The molecule has 7 nitrogen and oxygen atoms in total. The fourth-order valence-corrected chi connectivity index (χ4v) is 1.56. The van der Waals surface area contributed by atoms with Crippen LogP contribution in [0.3, 0.4) is 0 Å². The quantitative estimate of drug-likeness (QED) is 0.350. The van der Waals surface area contributed by atoms with Gasteiger partial charge in [-0.1, -0.05) is 0 Å². The molecule has 0 heterocycles. The Bertz CT molecular complexity index is 511. The van der Waals surface area contributed by atoms with E-state index < -0.39 is 10.9 Å². The van der Waals surface area contributed by atoms with Gasteiger partial charge in [-0.05, 0) is 19.4 Å². The summed E-state index contributed by atoms with van der Waals surface area (Å²) >= 11 is 0. The number of rotatable bonds is 7. The lowest BCUT2D eigenvalue weighted by Gasteiger charge is -2.10. The molecule has 1 aromatic carbocycles. The predicted octanol–water partition coefficient (Wildman–Crippen LogP) is 1.96. The Labute approximate surface area is 109 Å². The fourth-order valence-electron chi connectivity index (χ4n) is 1.56. The molecule has 0 saturated carbocycles. The maximum atomic E-state index is 10.9. The second-order valence-electron chi connectivity index (χ2n) is 3.84. The molecule has 0 aliphatic rings. The van der Waals surface area contributed by atoms with E-state index in [1.54, 1.807) is 6.92 Å². The summed E-state index contributed by atoms with van der Waals surface area (Å²) in [4.78, 5) is 31.3. The van der Waals surface area contributed by atoms with E-state index in [1.165, 1.54) is 12.1 Å². The molecule has 1 aromatic rings. The summed E-state index contributed by atoms with van der Waals surface area (Å²) in [5.41, 5.74) is 0.0747. The average Bonchev–Trinajstić information content (AvgIpc) is 2.35. The lowest BCUT2D eigenvalue weighted by atomic mass is 10.1. The normalized spacial score (nSPS) is 9.95. The van der Waals surface area contributed by atoms with Crippen LogP contribution in [0.4, 0.5) is 5.69 Å². The Hall–Kier alpha value is -2.44. The molecule has 0 bridgehead atoms. The highest BCUT2D eigenvalue weighted by atomic mass is 16.6. The molecule has 0 aromatic heterocycles. The van der Waals surface area contributed by atoms with Gasteiger partial charge in [-0.15, -0.1) is 0 Å². The van der Waals surface area contributed by atoms with Crippen molar-refractivity contribution in [3.05, 3.63) is 33.4 Å². The number of aliphatic carboxylic acids is 1. The Morgan fingerprint density at radius 3 is 2.74 bits per heavy atom. The molecule has 0 amide bonds. The van der Waals surface area contributed by atoms with Gasteiger partial charge >= 0.3 is 5.97 Å². The van der Waals surface area contributed by atoms with Crippen molar-refractivity contribution in [2.24, 2.45) is 0 Å². The zero-order valence-corrected chi connectivity index (χ0v) is 10.3. The monoisotopic (exact) mass is 267 g/mol. The standard InChI is InChI=1S/C12H13NO6/c1-8-9(7-14)10(13(17)18)4-5-11(8)19-6-2-3-12(15)16/h4-5,7H,2-3,6H2,1H3,(H,15,16). The Morgan fingerprint density at radius 2 is 2.21 bits per heavy atom. The first-order chi connectivity index (χ1) is 8.97. The zero-order valence-electron chi connectivity index (χ0n) is 10.3. The minimum absolute atomic E-state index is 0.0213. The van der Waals surface area contributed by atoms with Crippen LogP contribution in [-0.2, 0) is 4.79 Å². The van der Waals surface area contributed by atoms with Crippen LogP contribution < -0.4 is 4.74 Å². The van der Waals surface area contributed by atoms with Crippen LogP contribution in [0, 0.1) is 17.0 Å². The van der Waals surface area contributed by atoms with Crippen molar-refractivity contribution in [2.45, 2.75) is 19.8 Å². The number of hydrogen-bond acceptors (Lipinski definition) is 5. The van der Waals surface area contributed by atoms with Crippen molar-refractivity contribution in [1.82, 2.24) is 0 Å². The van der Waals surface area contributed by atoms with Gasteiger partial charge in [0.2, 0.25) is 0 Å². The highest BCUT2D eigenvalue weighted by Crippen LogP contribution is 2.28. The molecule has 0 unspecified atom stereocenters. The van der Waals surface area contributed by atoms with E-state index in [0.29, 0.717) is 24.0 Å². The highest BCUT2D eigenvalue weighted by Gasteiger charge is 2.18. The summed E-state index contributed by atoms with van der Waals surface area (Å²) in [6.07, 6.45) is 0.715. The summed E-state index contributed by atoms with van der Waals surface area (Å²) in [6, 6.07) is 2.60. The molecule has 7 heteroatoms. The van der Waals surface area contributed by atoms with E-state index in [1.807, 2.05) is 0 Å². The predicted molar refractivity (Wildman–Crippen MR) is 65.6 cm³/mol. The van der Waals surface area contributed by atoms with Gasteiger partial charge in [0.25, 0.3) is 5.69 Å². The summed E-state index contributed by atoms with van der Waals surface area (Å²) in [6.45, 7) is 1.71. The number of benzene rings is 1. The van der Waals surface area contributed by atoms with Gasteiger partial charge < -0.3 is 9.84 Å². The zero-order chi connectivity index (χ0) is 14.4. The maximum absolute atomic E-state index is 10.9. The number of nitro benzene ring substituents is 1. The van der Waals surface area contributed by atoms with Crippen LogP contribution in [0.25, 0.3) is 0 Å². The van der Waals surface area contributed by atoms with E-state index in [9.17, 15) is 19.7 Å². The molecular weight excluding hydrogens is 254 g/mol. The maximum Gasteiger partial charge on any atom is 0.303 e. The number of aldehydes is 1. The lowest BCUT2D eigenvalue weighted by molar-refractivity contribution is -0.385.